The largest absolute Gasteiger partial charge is 0.0943 e. The van der Waals surface area contributed by atoms with E-state index < -0.39 is 0 Å². The Balaban J connectivity index is 2.42. The van der Waals surface area contributed by atoms with Crippen LogP contribution in [0.1, 0.15) is 25.0 Å². The molecule has 0 unspecified atom stereocenters. The van der Waals surface area contributed by atoms with Gasteiger partial charge in [0, 0.05) is 5.41 Å². The zero-order valence-electron chi connectivity index (χ0n) is 10.3. The SMILES string of the molecule is C=C1c2ccccc2-c2ccccc2C1(C)C. The summed E-state index contributed by atoms with van der Waals surface area (Å²) in [6.07, 6.45) is 0. The normalized spacial score (nSPS) is 16.2. The van der Waals surface area contributed by atoms with Gasteiger partial charge in [-0.2, -0.15) is 0 Å². The van der Waals surface area contributed by atoms with E-state index in [0.717, 1.165) is 0 Å². The van der Waals surface area contributed by atoms with Crippen molar-refractivity contribution in [3.63, 3.8) is 0 Å². The van der Waals surface area contributed by atoms with E-state index in [1.54, 1.807) is 0 Å². The second-order valence-electron chi connectivity index (χ2n) is 5.19. The standard InChI is InChI=1S/C17H16/c1-12-13-8-4-5-9-14(13)15-10-6-7-11-16(15)17(12,2)3/h4-11H,1H2,2-3H3. The van der Waals surface area contributed by atoms with Gasteiger partial charge in [-0.1, -0.05) is 69.0 Å². The third kappa shape index (κ3) is 1.30. The van der Waals surface area contributed by atoms with Crippen LogP contribution in [0, 0.1) is 0 Å². The van der Waals surface area contributed by atoms with E-state index in [1.165, 1.54) is 27.8 Å². The van der Waals surface area contributed by atoms with E-state index in [4.69, 9.17) is 0 Å². The van der Waals surface area contributed by atoms with Gasteiger partial charge in [0.25, 0.3) is 0 Å². The van der Waals surface area contributed by atoms with Crippen molar-refractivity contribution in [3.8, 4) is 11.1 Å². The highest BCUT2D eigenvalue weighted by atomic mass is 14.4. The van der Waals surface area contributed by atoms with Crippen molar-refractivity contribution in [1.29, 1.82) is 0 Å². The molecule has 0 spiro atoms. The number of fused-ring (bicyclic) bond motifs is 3. The van der Waals surface area contributed by atoms with Gasteiger partial charge < -0.3 is 0 Å². The summed E-state index contributed by atoms with van der Waals surface area (Å²) in [5, 5.41) is 0. The van der Waals surface area contributed by atoms with E-state index in [9.17, 15) is 0 Å². The molecule has 17 heavy (non-hydrogen) atoms. The van der Waals surface area contributed by atoms with Crippen molar-refractivity contribution >= 4 is 5.57 Å². The van der Waals surface area contributed by atoms with E-state index in [-0.39, 0.29) is 5.41 Å². The molecule has 1 aliphatic rings. The Morgan fingerprint density at radius 3 is 2.00 bits per heavy atom. The molecule has 0 saturated heterocycles. The Kier molecular flexibility index (Phi) is 2.03. The molecule has 2 aromatic carbocycles. The van der Waals surface area contributed by atoms with Crippen LogP contribution < -0.4 is 0 Å². The second kappa shape index (κ2) is 3.33. The van der Waals surface area contributed by atoms with Crippen LogP contribution in [0.25, 0.3) is 16.7 Å². The first-order valence-electron chi connectivity index (χ1n) is 6.01. The topological polar surface area (TPSA) is 0 Å². The van der Waals surface area contributed by atoms with E-state index >= 15 is 0 Å². The van der Waals surface area contributed by atoms with Gasteiger partial charge in [-0.15, -0.1) is 0 Å². The maximum atomic E-state index is 4.31. The van der Waals surface area contributed by atoms with Crippen molar-refractivity contribution < 1.29 is 0 Å². The Morgan fingerprint density at radius 1 is 0.765 bits per heavy atom. The maximum absolute atomic E-state index is 4.31. The molecule has 0 heteroatoms. The average molecular weight is 220 g/mol. The molecule has 0 nitrogen and oxygen atoms in total. The van der Waals surface area contributed by atoms with E-state index in [0.29, 0.717) is 0 Å². The van der Waals surface area contributed by atoms with Gasteiger partial charge in [-0.05, 0) is 27.8 Å². The van der Waals surface area contributed by atoms with Gasteiger partial charge >= 0.3 is 0 Å². The number of hydrogen-bond acceptors (Lipinski definition) is 0. The molecular formula is C17H16. The lowest BCUT2D eigenvalue weighted by molar-refractivity contribution is 0.690. The lowest BCUT2D eigenvalue weighted by Crippen LogP contribution is -2.23. The first-order valence-corrected chi connectivity index (χ1v) is 6.01. The fourth-order valence-electron chi connectivity index (χ4n) is 2.74. The summed E-state index contributed by atoms with van der Waals surface area (Å²) in [6.45, 7) is 8.82. The van der Waals surface area contributed by atoms with Crippen molar-refractivity contribution in [2.75, 3.05) is 0 Å². The smallest absolute Gasteiger partial charge is 0.0152 e. The Morgan fingerprint density at radius 2 is 1.29 bits per heavy atom. The summed E-state index contributed by atoms with van der Waals surface area (Å²) in [5.41, 5.74) is 6.56. The van der Waals surface area contributed by atoms with Crippen LogP contribution in [0.2, 0.25) is 0 Å². The zero-order valence-corrected chi connectivity index (χ0v) is 10.3. The lowest BCUT2D eigenvalue weighted by atomic mass is 9.67. The minimum absolute atomic E-state index is 0.0188. The Bertz CT molecular complexity index is 603. The van der Waals surface area contributed by atoms with E-state index in [2.05, 4.69) is 69.0 Å². The fraction of sp³-hybridized carbons (Fsp3) is 0.176. The first kappa shape index (κ1) is 10.3. The Labute approximate surface area is 103 Å². The van der Waals surface area contributed by atoms with Crippen LogP contribution in [-0.4, -0.2) is 0 Å². The van der Waals surface area contributed by atoms with Crippen molar-refractivity contribution in [1.82, 2.24) is 0 Å². The molecule has 0 bridgehead atoms. The molecule has 0 atom stereocenters. The summed E-state index contributed by atoms with van der Waals surface area (Å²) < 4.78 is 0. The molecule has 3 rings (SSSR count). The molecule has 0 aromatic heterocycles. The molecule has 84 valence electrons. The van der Waals surface area contributed by atoms with Gasteiger partial charge in [0.1, 0.15) is 0 Å². The van der Waals surface area contributed by atoms with Gasteiger partial charge in [0.15, 0.2) is 0 Å². The Hall–Kier alpha value is -1.82. The van der Waals surface area contributed by atoms with Crippen molar-refractivity contribution in [3.05, 3.63) is 66.2 Å². The molecule has 2 aromatic rings. The molecule has 0 aliphatic heterocycles. The molecular weight excluding hydrogens is 204 g/mol. The number of rotatable bonds is 0. The first-order chi connectivity index (χ1) is 8.12. The third-order valence-corrected chi connectivity index (χ3v) is 3.90. The summed E-state index contributed by atoms with van der Waals surface area (Å²) in [4.78, 5) is 0. The predicted octanol–water partition coefficient (Wildman–Crippen LogP) is 4.66. The quantitative estimate of drug-likeness (QED) is 0.606. The monoisotopic (exact) mass is 220 g/mol. The summed E-state index contributed by atoms with van der Waals surface area (Å²) in [6, 6.07) is 17.2. The van der Waals surface area contributed by atoms with Gasteiger partial charge in [-0.25, -0.2) is 0 Å². The highest BCUT2D eigenvalue weighted by Gasteiger charge is 2.33. The predicted molar refractivity (Wildman–Crippen MR) is 73.9 cm³/mol. The summed E-state index contributed by atoms with van der Waals surface area (Å²) in [7, 11) is 0. The molecule has 0 heterocycles. The van der Waals surface area contributed by atoms with Crippen LogP contribution in [-0.2, 0) is 5.41 Å². The van der Waals surface area contributed by atoms with Gasteiger partial charge in [0.05, 0.1) is 0 Å². The van der Waals surface area contributed by atoms with Gasteiger partial charge in [-0.3, -0.25) is 0 Å². The molecule has 0 N–H and O–H groups in total. The fourth-order valence-corrected chi connectivity index (χ4v) is 2.74. The molecule has 0 saturated carbocycles. The van der Waals surface area contributed by atoms with Crippen molar-refractivity contribution in [2.45, 2.75) is 19.3 Å². The number of allylic oxidation sites excluding steroid dienone is 1. The van der Waals surface area contributed by atoms with Gasteiger partial charge in [0.2, 0.25) is 0 Å². The highest BCUT2D eigenvalue weighted by molar-refractivity contribution is 5.91. The average Bonchev–Trinajstić information content (AvgIpc) is 2.37. The minimum atomic E-state index is 0.0188. The van der Waals surface area contributed by atoms with Crippen LogP contribution in [0.5, 0.6) is 0 Å². The summed E-state index contributed by atoms with van der Waals surface area (Å²) in [5.74, 6) is 0. The van der Waals surface area contributed by atoms with Crippen LogP contribution in [0.4, 0.5) is 0 Å². The van der Waals surface area contributed by atoms with Crippen LogP contribution >= 0.6 is 0 Å². The molecule has 0 amide bonds. The summed E-state index contributed by atoms with van der Waals surface area (Å²) >= 11 is 0. The maximum Gasteiger partial charge on any atom is 0.0152 e. The molecule has 0 fully saturated rings. The van der Waals surface area contributed by atoms with Crippen molar-refractivity contribution in [2.24, 2.45) is 0 Å². The van der Waals surface area contributed by atoms with Crippen LogP contribution in [0.15, 0.2) is 55.1 Å². The third-order valence-electron chi connectivity index (χ3n) is 3.90. The van der Waals surface area contributed by atoms with Crippen LogP contribution in [0.3, 0.4) is 0 Å². The minimum Gasteiger partial charge on any atom is -0.0943 e. The molecule has 1 aliphatic carbocycles. The second-order valence-corrected chi connectivity index (χ2v) is 5.19. The van der Waals surface area contributed by atoms with E-state index in [1.807, 2.05) is 0 Å². The highest BCUT2D eigenvalue weighted by Crippen LogP contribution is 2.48. The number of hydrogen-bond donors (Lipinski definition) is 0. The molecule has 0 radical (unpaired) electrons. The number of benzene rings is 2. The lowest BCUT2D eigenvalue weighted by Gasteiger charge is -2.36. The zero-order chi connectivity index (χ0) is 12.0.